The Balaban J connectivity index is 1.67. The van der Waals surface area contributed by atoms with Gasteiger partial charge in [-0.25, -0.2) is 0 Å². The molecule has 0 amide bonds. The van der Waals surface area contributed by atoms with Gasteiger partial charge in [0, 0.05) is 29.7 Å². The van der Waals surface area contributed by atoms with E-state index in [4.69, 9.17) is 15.6 Å². The molecule has 5 atom stereocenters. The molecule has 2 saturated carbocycles. The summed E-state index contributed by atoms with van der Waals surface area (Å²) >= 11 is 0. The standard InChI is InChI=1S/C23H31NO4/c1-22-10-9-18-17-7-6-16(28-2)12-14(17)8-11-23(18,24)21(22)15(13-19(22)25)4-3-5-20(26)27/h6-7,12,15,18,21H,3-5,8-11,13,24H2,1-2H3,(H,26,27). The zero-order chi connectivity index (χ0) is 20.1. The lowest BCUT2D eigenvalue weighted by Crippen LogP contribution is -2.62. The minimum Gasteiger partial charge on any atom is -0.497 e. The third kappa shape index (κ3) is 2.86. The van der Waals surface area contributed by atoms with Crippen molar-refractivity contribution >= 4 is 11.8 Å². The second kappa shape index (κ2) is 6.87. The Morgan fingerprint density at radius 1 is 1.36 bits per heavy atom. The van der Waals surface area contributed by atoms with Crippen LogP contribution in [0.5, 0.6) is 5.75 Å². The zero-order valence-electron chi connectivity index (χ0n) is 16.9. The van der Waals surface area contributed by atoms with Gasteiger partial charge in [-0.2, -0.15) is 0 Å². The summed E-state index contributed by atoms with van der Waals surface area (Å²) in [5.74, 6) is 1.04. The van der Waals surface area contributed by atoms with Crippen LogP contribution in [0.3, 0.4) is 0 Å². The molecule has 3 aliphatic rings. The van der Waals surface area contributed by atoms with E-state index < -0.39 is 11.5 Å². The number of aryl methyl sites for hydroxylation is 1. The minimum absolute atomic E-state index is 0.135. The lowest BCUT2D eigenvalue weighted by atomic mass is 9.50. The molecule has 0 aromatic heterocycles. The molecule has 0 bridgehead atoms. The third-order valence-electron chi connectivity index (χ3n) is 7.94. The molecule has 0 spiro atoms. The smallest absolute Gasteiger partial charge is 0.303 e. The van der Waals surface area contributed by atoms with Gasteiger partial charge in [-0.1, -0.05) is 13.0 Å². The lowest BCUT2D eigenvalue weighted by Gasteiger charge is -2.56. The number of hydrogen-bond acceptors (Lipinski definition) is 4. The average molecular weight is 386 g/mol. The van der Waals surface area contributed by atoms with Gasteiger partial charge in [0.1, 0.15) is 11.5 Å². The molecule has 1 aromatic carbocycles. The highest BCUT2D eigenvalue weighted by Crippen LogP contribution is 2.63. The number of carboxylic acids is 1. The largest absolute Gasteiger partial charge is 0.497 e. The van der Waals surface area contributed by atoms with Crippen molar-refractivity contribution in [2.45, 2.75) is 69.7 Å². The summed E-state index contributed by atoms with van der Waals surface area (Å²) in [6.07, 6.45) is 5.72. The van der Waals surface area contributed by atoms with Crippen LogP contribution in [0.4, 0.5) is 0 Å². The van der Waals surface area contributed by atoms with Crippen molar-refractivity contribution in [1.29, 1.82) is 0 Å². The van der Waals surface area contributed by atoms with E-state index in [1.807, 2.05) is 6.07 Å². The van der Waals surface area contributed by atoms with Gasteiger partial charge in [0.05, 0.1) is 7.11 Å². The van der Waals surface area contributed by atoms with Crippen molar-refractivity contribution in [2.24, 2.45) is 23.0 Å². The van der Waals surface area contributed by atoms with E-state index in [9.17, 15) is 9.59 Å². The Labute approximate surface area is 166 Å². The van der Waals surface area contributed by atoms with E-state index in [1.165, 1.54) is 11.1 Å². The molecule has 5 heteroatoms. The van der Waals surface area contributed by atoms with Gasteiger partial charge < -0.3 is 15.6 Å². The van der Waals surface area contributed by atoms with Crippen LogP contribution in [-0.2, 0) is 16.0 Å². The monoisotopic (exact) mass is 385 g/mol. The number of carboxylic acid groups (broad SMARTS) is 1. The summed E-state index contributed by atoms with van der Waals surface area (Å²) in [5.41, 5.74) is 9.09. The van der Waals surface area contributed by atoms with Crippen LogP contribution in [0.2, 0.25) is 0 Å². The second-order valence-corrected chi connectivity index (χ2v) is 9.34. The van der Waals surface area contributed by atoms with Gasteiger partial charge in [0.25, 0.3) is 0 Å². The first-order valence-corrected chi connectivity index (χ1v) is 10.5. The van der Waals surface area contributed by atoms with Crippen molar-refractivity contribution in [1.82, 2.24) is 0 Å². The van der Waals surface area contributed by atoms with E-state index in [0.29, 0.717) is 18.6 Å². The number of nitrogens with two attached hydrogens (primary N) is 1. The van der Waals surface area contributed by atoms with Crippen LogP contribution >= 0.6 is 0 Å². The van der Waals surface area contributed by atoms with Crippen LogP contribution in [0.1, 0.15) is 68.9 Å². The van der Waals surface area contributed by atoms with Crippen LogP contribution in [0, 0.1) is 17.3 Å². The van der Waals surface area contributed by atoms with E-state index in [-0.39, 0.29) is 29.6 Å². The van der Waals surface area contributed by atoms with E-state index in [1.54, 1.807) is 7.11 Å². The van der Waals surface area contributed by atoms with Gasteiger partial charge in [0.15, 0.2) is 0 Å². The van der Waals surface area contributed by atoms with Crippen molar-refractivity contribution in [3.8, 4) is 5.75 Å². The number of benzene rings is 1. The first-order valence-electron chi connectivity index (χ1n) is 10.5. The second-order valence-electron chi connectivity index (χ2n) is 9.34. The van der Waals surface area contributed by atoms with Crippen LogP contribution in [0.15, 0.2) is 18.2 Å². The fourth-order valence-electron chi connectivity index (χ4n) is 6.71. The first kappa shape index (κ1) is 19.4. The maximum absolute atomic E-state index is 13.0. The number of fused-ring (bicyclic) bond motifs is 5. The summed E-state index contributed by atoms with van der Waals surface area (Å²) in [5, 5.41) is 9.01. The predicted molar refractivity (Wildman–Crippen MR) is 106 cm³/mol. The molecule has 152 valence electrons. The summed E-state index contributed by atoms with van der Waals surface area (Å²) in [7, 11) is 1.69. The quantitative estimate of drug-likeness (QED) is 0.807. The molecule has 28 heavy (non-hydrogen) atoms. The van der Waals surface area contributed by atoms with Gasteiger partial charge in [0.2, 0.25) is 0 Å². The Hall–Kier alpha value is -1.88. The summed E-state index contributed by atoms with van der Waals surface area (Å²) in [6.45, 7) is 2.12. The lowest BCUT2D eigenvalue weighted by molar-refractivity contribution is -0.137. The zero-order valence-corrected chi connectivity index (χ0v) is 16.9. The Morgan fingerprint density at radius 3 is 2.86 bits per heavy atom. The molecule has 0 saturated heterocycles. The van der Waals surface area contributed by atoms with Gasteiger partial charge in [-0.05, 0) is 73.6 Å². The van der Waals surface area contributed by atoms with Crippen molar-refractivity contribution in [3.63, 3.8) is 0 Å². The molecule has 0 heterocycles. The molecule has 1 aromatic rings. The molecule has 5 nitrogen and oxygen atoms in total. The molecule has 2 fully saturated rings. The number of hydrogen-bond donors (Lipinski definition) is 2. The number of carbonyl (C=O) groups excluding carboxylic acids is 1. The molecular weight excluding hydrogens is 354 g/mol. The van der Waals surface area contributed by atoms with E-state index >= 15 is 0 Å². The highest BCUT2D eigenvalue weighted by molar-refractivity contribution is 5.88. The predicted octanol–water partition coefficient (Wildman–Crippen LogP) is 3.68. The number of methoxy groups -OCH3 is 1. The van der Waals surface area contributed by atoms with Crippen molar-refractivity contribution in [2.75, 3.05) is 7.11 Å². The van der Waals surface area contributed by atoms with E-state index in [0.717, 1.165) is 37.9 Å². The SMILES string of the molecule is COc1ccc2c(c1)CCC1(N)C2CCC2(C)C(=O)CC(CCCC(=O)O)C21. The maximum Gasteiger partial charge on any atom is 0.303 e. The number of aliphatic carboxylic acids is 1. The molecule has 3 N–H and O–H groups in total. The third-order valence-corrected chi connectivity index (χ3v) is 7.94. The van der Waals surface area contributed by atoms with Crippen LogP contribution in [-0.4, -0.2) is 29.5 Å². The molecule has 5 unspecified atom stereocenters. The average Bonchev–Trinajstić information content (AvgIpc) is 2.92. The highest BCUT2D eigenvalue weighted by atomic mass is 16.5. The van der Waals surface area contributed by atoms with E-state index in [2.05, 4.69) is 19.1 Å². The number of rotatable bonds is 5. The van der Waals surface area contributed by atoms with Crippen LogP contribution < -0.4 is 10.5 Å². The van der Waals surface area contributed by atoms with Gasteiger partial charge in [-0.3, -0.25) is 9.59 Å². The molecular formula is C23H31NO4. The van der Waals surface area contributed by atoms with Gasteiger partial charge >= 0.3 is 5.97 Å². The number of carbonyl (C=O) groups is 2. The summed E-state index contributed by atoms with van der Waals surface area (Å²) in [6, 6.07) is 6.31. The Bertz CT molecular complexity index is 806. The topological polar surface area (TPSA) is 89.6 Å². The first-order chi connectivity index (χ1) is 13.3. The number of ether oxygens (including phenoxy) is 1. The fourth-order valence-corrected chi connectivity index (χ4v) is 6.71. The van der Waals surface area contributed by atoms with Crippen LogP contribution in [0.25, 0.3) is 0 Å². The summed E-state index contributed by atoms with van der Waals surface area (Å²) in [4.78, 5) is 24.0. The normalized spacial score (nSPS) is 36.4. The van der Waals surface area contributed by atoms with Crippen molar-refractivity contribution in [3.05, 3.63) is 29.3 Å². The molecule has 0 radical (unpaired) electrons. The molecule has 4 rings (SSSR count). The summed E-state index contributed by atoms with van der Waals surface area (Å²) < 4.78 is 5.40. The van der Waals surface area contributed by atoms with Gasteiger partial charge in [-0.15, -0.1) is 0 Å². The van der Waals surface area contributed by atoms with Crippen molar-refractivity contribution < 1.29 is 19.4 Å². The Kier molecular flexibility index (Phi) is 4.77. The molecule has 0 aliphatic heterocycles. The minimum atomic E-state index is -0.767. The Morgan fingerprint density at radius 2 is 2.14 bits per heavy atom. The maximum atomic E-state index is 13.0. The highest BCUT2D eigenvalue weighted by Gasteiger charge is 2.63. The number of ketones is 1. The fraction of sp³-hybridized carbons (Fsp3) is 0.652. The molecule has 3 aliphatic carbocycles. The number of Topliss-reactive ketones (excluding diaryl/α,β-unsaturated/α-hetero) is 1.